The summed E-state index contributed by atoms with van der Waals surface area (Å²) in [4.78, 5) is 41.6. The fourth-order valence-electron chi connectivity index (χ4n) is 4.37. The van der Waals surface area contributed by atoms with Crippen LogP contribution >= 0.6 is 0 Å². The van der Waals surface area contributed by atoms with Crippen molar-refractivity contribution in [2.45, 2.75) is 50.6 Å². The van der Waals surface area contributed by atoms with Crippen LogP contribution in [0.1, 0.15) is 38.5 Å². The Balaban J connectivity index is 1.60. The van der Waals surface area contributed by atoms with E-state index in [2.05, 4.69) is 5.32 Å². The Kier molecular flexibility index (Phi) is 5.97. The molecule has 0 radical (unpaired) electrons. The van der Waals surface area contributed by atoms with Crippen LogP contribution in [0.5, 0.6) is 0 Å². The van der Waals surface area contributed by atoms with Crippen LogP contribution in [0, 0.1) is 11.6 Å². The van der Waals surface area contributed by atoms with Crippen molar-refractivity contribution in [1.29, 1.82) is 0 Å². The average Bonchev–Trinajstić information content (AvgIpc) is 2.98. The number of carbonyl (C=O) groups excluding carboxylic acids is 3. The number of rotatable bonds is 5. The predicted octanol–water partition coefficient (Wildman–Crippen LogP) is 4.46. The zero-order valence-corrected chi connectivity index (χ0v) is 16.9. The molecule has 1 N–H and O–H groups in total. The lowest BCUT2D eigenvalue weighted by Crippen LogP contribution is -2.45. The first kappa shape index (κ1) is 21.0. The van der Waals surface area contributed by atoms with E-state index >= 15 is 0 Å². The third-order valence-corrected chi connectivity index (χ3v) is 5.78. The molecule has 1 saturated heterocycles. The Bertz CT molecular complexity index is 1010. The summed E-state index contributed by atoms with van der Waals surface area (Å²) in [5, 5.41) is 2.58. The predicted molar refractivity (Wildman–Crippen MR) is 111 cm³/mol. The van der Waals surface area contributed by atoms with Gasteiger partial charge in [-0.05, 0) is 49.2 Å². The molecule has 2 aromatic rings. The zero-order valence-electron chi connectivity index (χ0n) is 16.9. The Hall–Kier alpha value is -3.29. The zero-order chi connectivity index (χ0) is 22.0. The summed E-state index contributed by atoms with van der Waals surface area (Å²) in [5.41, 5.74) is 0.414. The van der Waals surface area contributed by atoms with Gasteiger partial charge in [0, 0.05) is 11.7 Å². The highest BCUT2D eigenvalue weighted by atomic mass is 19.1. The third kappa shape index (κ3) is 4.42. The molecule has 2 fully saturated rings. The summed E-state index contributed by atoms with van der Waals surface area (Å²) in [7, 11) is 0. The van der Waals surface area contributed by atoms with Crippen LogP contribution in [0.4, 0.5) is 25.0 Å². The van der Waals surface area contributed by atoms with E-state index in [9.17, 15) is 23.2 Å². The Morgan fingerprint density at radius 1 is 0.968 bits per heavy atom. The van der Waals surface area contributed by atoms with Crippen molar-refractivity contribution >= 4 is 29.2 Å². The van der Waals surface area contributed by atoms with Crippen molar-refractivity contribution in [1.82, 2.24) is 4.90 Å². The normalized spacial score (nSPS) is 19.7. The van der Waals surface area contributed by atoms with E-state index in [0.29, 0.717) is 0 Å². The number of benzene rings is 2. The Morgan fingerprint density at radius 2 is 1.65 bits per heavy atom. The van der Waals surface area contributed by atoms with Gasteiger partial charge in [-0.1, -0.05) is 31.4 Å². The number of nitrogens with one attached hydrogen (secondary N) is 1. The second-order valence-corrected chi connectivity index (χ2v) is 7.91. The quantitative estimate of drug-likeness (QED) is 0.716. The lowest BCUT2D eigenvalue weighted by Gasteiger charge is -2.33. The largest absolute Gasteiger partial charge is 0.332 e. The van der Waals surface area contributed by atoms with Crippen LogP contribution < -0.4 is 10.2 Å². The van der Waals surface area contributed by atoms with Gasteiger partial charge in [0.2, 0.25) is 5.91 Å². The van der Waals surface area contributed by atoms with E-state index in [1.807, 2.05) is 0 Å². The highest BCUT2D eigenvalue weighted by Crippen LogP contribution is 2.33. The van der Waals surface area contributed by atoms with Gasteiger partial charge in [0.1, 0.15) is 17.7 Å². The SMILES string of the molecule is O=C(CC1C(=O)N(c2cccc(F)c2)C(=O)N1C1CCCCC1)Nc1cccc(F)c1. The molecule has 1 aliphatic carbocycles. The number of halogens is 2. The molecular weight excluding hydrogens is 404 g/mol. The summed E-state index contributed by atoms with van der Waals surface area (Å²) in [6, 6.07) is 9.05. The lowest BCUT2D eigenvalue weighted by atomic mass is 9.93. The van der Waals surface area contributed by atoms with Crippen LogP contribution in [-0.2, 0) is 9.59 Å². The number of imide groups is 1. The number of carbonyl (C=O) groups is 3. The minimum absolute atomic E-state index is 0.142. The van der Waals surface area contributed by atoms with Gasteiger partial charge in [-0.2, -0.15) is 0 Å². The smallest absolute Gasteiger partial charge is 0.326 e. The van der Waals surface area contributed by atoms with Crippen molar-refractivity contribution in [2.24, 2.45) is 0 Å². The highest BCUT2D eigenvalue weighted by molar-refractivity contribution is 6.22. The van der Waals surface area contributed by atoms with Gasteiger partial charge in [0.25, 0.3) is 5.91 Å². The molecule has 0 spiro atoms. The number of hydrogen-bond donors (Lipinski definition) is 1. The molecule has 1 aliphatic heterocycles. The molecule has 4 amide bonds. The molecular formula is C23H23F2N3O3. The van der Waals surface area contributed by atoms with Crippen LogP contribution in [-0.4, -0.2) is 34.8 Å². The van der Waals surface area contributed by atoms with Crippen molar-refractivity contribution in [2.75, 3.05) is 10.2 Å². The van der Waals surface area contributed by atoms with E-state index in [0.717, 1.165) is 43.1 Å². The van der Waals surface area contributed by atoms with Gasteiger partial charge in [-0.25, -0.2) is 18.5 Å². The number of amides is 4. The molecule has 2 aliphatic rings. The Morgan fingerprint density at radius 3 is 2.32 bits per heavy atom. The second kappa shape index (κ2) is 8.83. The maximum Gasteiger partial charge on any atom is 0.332 e. The summed E-state index contributed by atoms with van der Waals surface area (Å²) in [6.07, 6.45) is 4.17. The molecule has 1 heterocycles. The molecule has 31 heavy (non-hydrogen) atoms. The number of urea groups is 1. The molecule has 8 heteroatoms. The van der Waals surface area contributed by atoms with Crippen LogP contribution in [0.25, 0.3) is 0 Å². The minimum Gasteiger partial charge on any atom is -0.326 e. The first-order chi connectivity index (χ1) is 14.9. The van der Waals surface area contributed by atoms with Crippen molar-refractivity contribution in [3.05, 3.63) is 60.2 Å². The van der Waals surface area contributed by atoms with Gasteiger partial charge in [0.05, 0.1) is 12.1 Å². The molecule has 1 atom stereocenters. The van der Waals surface area contributed by atoms with Crippen molar-refractivity contribution < 1.29 is 23.2 Å². The topological polar surface area (TPSA) is 69.7 Å². The summed E-state index contributed by atoms with van der Waals surface area (Å²) in [5.74, 6) is -2.12. The summed E-state index contributed by atoms with van der Waals surface area (Å²) in [6.45, 7) is 0. The molecule has 0 aromatic heterocycles. The summed E-state index contributed by atoms with van der Waals surface area (Å²) < 4.78 is 27.2. The molecule has 4 rings (SSSR count). The van der Waals surface area contributed by atoms with E-state index in [4.69, 9.17) is 0 Å². The molecule has 2 aromatic carbocycles. The highest BCUT2D eigenvalue weighted by Gasteiger charge is 2.49. The van der Waals surface area contributed by atoms with E-state index < -0.39 is 35.5 Å². The number of nitrogens with zero attached hydrogens (tertiary/aromatic N) is 2. The molecule has 0 bridgehead atoms. The van der Waals surface area contributed by atoms with Gasteiger partial charge in [-0.3, -0.25) is 9.59 Å². The van der Waals surface area contributed by atoms with Crippen molar-refractivity contribution in [3.8, 4) is 0 Å². The average molecular weight is 427 g/mol. The van der Waals surface area contributed by atoms with Gasteiger partial charge in [0.15, 0.2) is 0 Å². The maximum atomic E-state index is 13.8. The van der Waals surface area contributed by atoms with Crippen LogP contribution in [0.3, 0.4) is 0 Å². The first-order valence-electron chi connectivity index (χ1n) is 10.4. The van der Waals surface area contributed by atoms with Gasteiger partial charge in [-0.15, -0.1) is 0 Å². The molecule has 1 unspecified atom stereocenters. The minimum atomic E-state index is -0.993. The second-order valence-electron chi connectivity index (χ2n) is 7.91. The molecule has 1 saturated carbocycles. The lowest BCUT2D eigenvalue weighted by molar-refractivity contribution is -0.125. The monoisotopic (exact) mass is 427 g/mol. The van der Waals surface area contributed by atoms with Gasteiger partial charge < -0.3 is 10.2 Å². The van der Waals surface area contributed by atoms with E-state index in [-0.39, 0.29) is 23.8 Å². The molecule has 6 nitrogen and oxygen atoms in total. The standard InChI is InChI=1S/C23H23F2N3O3/c24-15-6-4-8-17(12-15)26-21(29)14-20-22(30)28(19-11-5-7-16(25)13-19)23(31)27(20)18-9-2-1-3-10-18/h4-8,11-13,18,20H,1-3,9-10,14H2,(H,26,29). The first-order valence-corrected chi connectivity index (χ1v) is 10.4. The van der Waals surface area contributed by atoms with Gasteiger partial charge >= 0.3 is 6.03 Å². The van der Waals surface area contributed by atoms with Crippen LogP contribution in [0.15, 0.2) is 48.5 Å². The third-order valence-electron chi connectivity index (χ3n) is 5.78. The fraction of sp³-hybridized carbons (Fsp3) is 0.348. The van der Waals surface area contributed by atoms with Crippen molar-refractivity contribution in [3.63, 3.8) is 0 Å². The fourth-order valence-corrected chi connectivity index (χ4v) is 4.37. The summed E-state index contributed by atoms with van der Waals surface area (Å²) >= 11 is 0. The number of hydrogen-bond acceptors (Lipinski definition) is 3. The molecule has 162 valence electrons. The maximum absolute atomic E-state index is 13.8. The van der Waals surface area contributed by atoms with E-state index in [1.165, 1.54) is 41.3 Å². The number of anilines is 2. The Labute approximate surface area is 178 Å². The van der Waals surface area contributed by atoms with Crippen LogP contribution in [0.2, 0.25) is 0 Å². The van der Waals surface area contributed by atoms with E-state index in [1.54, 1.807) is 6.07 Å².